The molecule has 5 rings (SSSR count). The van der Waals surface area contributed by atoms with Crippen LogP contribution in [0.25, 0.3) is 11.4 Å². The summed E-state index contributed by atoms with van der Waals surface area (Å²) in [6, 6.07) is 15.1. The highest BCUT2D eigenvalue weighted by molar-refractivity contribution is 8.00. The summed E-state index contributed by atoms with van der Waals surface area (Å²) in [6.07, 6.45) is 0. The number of aromatic nitrogens is 3. The Morgan fingerprint density at radius 2 is 1.97 bits per heavy atom. The number of ether oxygens (including phenoxy) is 2. The third kappa shape index (κ3) is 3.92. The number of carbonyl (C=O) groups excluding carboxylic acids is 1. The number of fused-ring (bicyclic) bond motifs is 1. The Hall–Kier alpha value is -2.75. The molecular weight excluding hydrogens is 450 g/mol. The van der Waals surface area contributed by atoms with E-state index in [1.807, 2.05) is 58.1 Å². The molecule has 1 aromatic heterocycles. The van der Waals surface area contributed by atoms with E-state index in [2.05, 4.69) is 15.6 Å². The highest BCUT2D eigenvalue weighted by Gasteiger charge is 2.40. The third-order valence-corrected chi connectivity index (χ3v) is 7.07. The average molecular weight is 472 g/mol. The van der Waals surface area contributed by atoms with Crippen molar-refractivity contribution < 1.29 is 14.3 Å². The molecule has 32 heavy (non-hydrogen) atoms. The molecule has 2 aliphatic heterocycles. The SMILES string of the molecule is COc1ccc([C@H]2Nn3c(nnc3-c3ccccc3)S[C@H]2C(=O)N2CCOCC2)cc1Cl. The quantitative estimate of drug-likeness (QED) is 0.625. The van der Waals surface area contributed by atoms with Gasteiger partial charge in [-0.3, -0.25) is 4.79 Å². The van der Waals surface area contributed by atoms with Gasteiger partial charge in [0.25, 0.3) is 0 Å². The number of nitrogens with zero attached hydrogens (tertiary/aromatic N) is 4. The van der Waals surface area contributed by atoms with Crippen LogP contribution >= 0.6 is 23.4 Å². The van der Waals surface area contributed by atoms with Gasteiger partial charge in [-0.05, 0) is 17.7 Å². The highest BCUT2D eigenvalue weighted by Crippen LogP contribution is 2.40. The molecule has 0 saturated carbocycles. The zero-order valence-corrected chi connectivity index (χ0v) is 19.0. The molecule has 0 aliphatic carbocycles. The molecule has 8 nitrogen and oxygen atoms in total. The monoisotopic (exact) mass is 471 g/mol. The zero-order chi connectivity index (χ0) is 22.1. The van der Waals surface area contributed by atoms with E-state index in [1.165, 1.54) is 11.8 Å². The first kappa shape index (κ1) is 21.1. The van der Waals surface area contributed by atoms with Crippen molar-refractivity contribution in [3.05, 3.63) is 59.1 Å². The minimum atomic E-state index is -0.433. The molecule has 1 amide bonds. The Morgan fingerprint density at radius 3 is 2.69 bits per heavy atom. The topological polar surface area (TPSA) is 81.5 Å². The number of rotatable bonds is 4. The van der Waals surface area contributed by atoms with Crippen LogP contribution < -0.4 is 10.2 Å². The smallest absolute Gasteiger partial charge is 0.238 e. The van der Waals surface area contributed by atoms with Gasteiger partial charge in [-0.15, -0.1) is 10.2 Å². The lowest BCUT2D eigenvalue weighted by molar-refractivity contribution is -0.135. The first-order chi connectivity index (χ1) is 15.7. The van der Waals surface area contributed by atoms with E-state index >= 15 is 0 Å². The predicted octanol–water partition coefficient (Wildman–Crippen LogP) is 3.23. The molecule has 10 heteroatoms. The van der Waals surface area contributed by atoms with Gasteiger partial charge in [0.15, 0.2) is 5.82 Å². The maximum atomic E-state index is 13.5. The molecule has 1 saturated heterocycles. The van der Waals surface area contributed by atoms with Gasteiger partial charge in [-0.1, -0.05) is 59.8 Å². The number of amides is 1. The first-order valence-corrected chi connectivity index (χ1v) is 11.6. The molecule has 0 bridgehead atoms. The van der Waals surface area contributed by atoms with E-state index in [0.717, 1.165) is 11.1 Å². The number of methoxy groups -OCH3 is 1. The summed E-state index contributed by atoms with van der Waals surface area (Å²) in [6.45, 7) is 2.25. The lowest BCUT2D eigenvalue weighted by Crippen LogP contribution is -2.49. The summed E-state index contributed by atoms with van der Waals surface area (Å²) in [7, 11) is 1.58. The average Bonchev–Trinajstić information content (AvgIpc) is 3.27. The molecule has 0 radical (unpaired) electrons. The van der Waals surface area contributed by atoms with Crippen LogP contribution in [0.5, 0.6) is 5.75 Å². The van der Waals surface area contributed by atoms with Crippen molar-refractivity contribution in [1.29, 1.82) is 0 Å². The largest absolute Gasteiger partial charge is 0.495 e. The van der Waals surface area contributed by atoms with E-state index in [9.17, 15) is 4.79 Å². The zero-order valence-electron chi connectivity index (χ0n) is 17.4. The van der Waals surface area contributed by atoms with E-state index in [4.69, 9.17) is 21.1 Å². The fourth-order valence-electron chi connectivity index (χ4n) is 3.91. The molecule has 2 atom stereocenters. The van der Waals surface area contributed by atoms with Gasteiger partial charge in [-0.2, -0.15) is 0 Å². The summed E-state index contributed by atoms with van der Waals surface area (Å²) >= 11 is 7.84. The fourth-order valence-corrected chi connectivity index (χ4v) is 5.34. The van der Waals surface area contributed by atoms with Gasteiger partial charge < -0.3 is 19.8 Å². The molecule has 166 valence electrons. The van der Waals surface area contributed by atoms with E-state index in [1.54, 1.807) is 7.11 Å². The van der Waals surface area contributed by atoms with Crippen LogP contribution in [0.1, 0.15) is 11.6 Å². The van der Waals surface area contributed by atoms with Crippen molar-refractivity contribution in [2.24, 2.45) is 0 Å². The minimum Gasteiger partial charge on any atom is -0.495 e. The Kier molecular flexibility index (Phi) is 5.95. The summed E-state index contributed by atoms with van der Waals surface area (Å²) in [5, 5.41) is 9.45. The molecule has 0 spiro atoms. The fraction of sp³-hybridized carbons (Fsp3) is 0.318. The minimum absolute atomic E-state index is 0.0400. The van der Waals surface area contributed by atoms with Crippen molar-refractivity contribution in [1.82, 2.24) is 19.8 Å². The van der Waals surface area contributed by atoms with Gasteiger partial charge in [0, 0.05) is 18.7 Å². The van der Waals surface area contributed by atoms with Gasteiger partial charge >= 0.3 is 0 Å². The van der Waals surface area contributed by atoms with Gasteiger partial charge in [0.2, 0.25) is 11.1 Å². The first-order valence-electron chi connectivity index (χ1n) is 10.3. The van der Waals surface area contributed by atoms with Crippen LogP contribution in [-0.4, -0.2) is 64.3 Å². The van der Waals surface area contributed by atoms with E-state index in [-0.39, 0.29) is 11.9 Å². The Labute approximate surface area is 194 Å². The highest BCUT2D eigenvalue weighted by atomic mass is 35.5. The number of halogens is 1. The molecule has 2 aromatic carbocycles. The Balaban J connectivity index is 1.54. The Morgan fingerprint density at radius 1 is 1.19 bits per heavy atom. The summed E-state index contributed by atoms with van der Waals surface area (Å²) in [5.41, 5.74) is 5.30. The molecule has 1 N–H and O–H groups in total. The summed E-state index contributed by atoms with van der Waals surface area (Å²) in [5.74, 6) is 1.32. The maximum absolute atomic E-state index is 13.5. The number of benzene rings is 2. The van der Waals surface area contributed by atoms with Crippen LogP contribution in [0.4, 0.5) is 0 Å². The van der Waals surface area contributed by atoms with Crippen LogP contribution in [0.3, 0.4) is 0 Å². The van der Waals surface area contributed by atoms with Gasteiger partial charge in [-0.25, -0.2) is 4.68 Å². The summed E-state index contributed by atoms with van der Waals surface area (Å²) in [4.78, 5) is 15.4. The van der Waals surface area contributed by atoms with Gasteiger partial charge in [0.1, 0.15) is 11.0 Å². The number of hydrogen-bond donors (Lipinski definition) is 1. The van der Waals surface area contributed by atoms with Crippen molar-refractivity contribution in [2.75, 3.05) is 38.8 Å². The second-order valence-corrected chi connectivity index (χ2v) is 9.00. The Bertz CT molecular complexity index is 1120. The number of carbonyl (C=O) groups is 1. The van der Waals surface area contributed by atoms with Gasteiger partial charge in [0.05, 0.1) is 31.4 Å². The maximum Gasteiger partial charge on any atom is 0.238 e. The van der Waals surface area contributed by atoms with Crippen molar-refractivity contribution in [3.63, 3.8) is 0 Å². The molecule has 2 aliphatic rings. The predicted molar refractivity (Wildman–Crippen MR) is 123 cm³/mol. The lowest BCUT2D eigenvalue weighted by atomic mass is 10.0. The van der Waals surface area contributed by atoms with Crippen molar-refractivity contribution in [3.8, 4) is 17.1 Å². The van der Waals surface area contributed by atoms with Crippen LogP contribution in [-0.2, 0) is 9.53 Å². The normalized spacial score (nSPS) is 20.4. The summed E-state index contributed by atoms with van der Waals surface area (Å²) < 4.78 is 12.6. The third-order valence-electron chi connectivity index (χ3n) is 5.57. The number of morpholine rings is 1. The molecule has 1 fully saturated rings. The molecular formula is C22H22ClN5O3S. The second-order valence-electron chi connectivity index (χ2n) is 7.48. The molecule has 3 heterocycles. The van der Waals surface area contributed by atoms with Crippen molar-refractivity contribution >= 4 is 29.3 Å². The number of nitrogens with one attached hydrogen (secondary N) is 1. The van der Waals surface area contributed by atoms with E-state index < -0.39 is 5.25 Å². The number of thioether (sulfide) groups is 1. The van der Waals surface area contributed by atoms with Crippen molar-refractivity contribution in [2.45, 2.75) is 16.4 Å². The lowest BCUT2D eigenvalue weighted by Gasteiger charge is -2.37. The van der Waals surface area contributed by atoms with Crippen LogP contribution in [0.15, 0.2) is 53.7 Å². The van der Waals surface area contributed by atoms with Crippen LogP contribution in [0, 0.1) is 0 Å². The second kappa shape index (κ2) is 9.01. The standard InChI is InChI=1S/C22H22ClN5O3S/c1-30-17-8-7-15(13-16(17)23)18-19(21(29)27-9-11-31-12-10-27)32-22-25-24-20(28(22)26-18)14-5-3-2-4-6-14/h2-8,13,18-19,26H,9-12H2,1H3/t18-,19-/m1/s1. The van der Waals surface area contributed by atoms with E-state index in [0.29, 0.717) is 48.1 Å². The molecule has 3 aromatic rings. The number of hydrogen-bond acceptors (Lipinski definition) is 7. The molecule has 0 unspecified atom stereocenters. The van der Waals surface area contributed by atoms with Crippen LogP contribution in [0.2, 0.25) is 5.02 Å².